The van der Waals surface area contributed by atoms with Crippen LogP contribution in [0.4, 0.5) is 28.9 Å². The molecule has 11 nitrogen and oxygen atoms in total. The van der Waals surface area contributed by atoms with Crippen LogP contribution in [0.25, 0.3) is 0 Å². The van der Waals surface area contributed by atoms with Gasteiger partial charge in [-0.2, -0.15) is 8.78 Å². The predicted octanol–water partition coefficient (Wildman–Crippen LogP) is 0.568. The van der Waals surface area contributed by atoms with Crippen LogP contribution in [0.15, 0.2) is 41.6 Å². The number of nitrogens with one attached hydrogen (secondary N) is 2. The number of likely N-dealkylation sites (N-methyl/N-ethyl adjacent to an activating group) is 1. The average molecular weight is 558 g/mol. The molecular weight excluding hydrogens is 526 g/mol. The van der Waals surface area contributed by atoms with Crippen molar-refractivity contribution in [1.82, 2.24) is 15.8 Å². The van der Waals surface area contributed by atoms with E-state index in [1.807, 2.05) is 5.32 Å². The molecule has 1 fully saturated rings. The van der Waals surface area contributed by atoms with Gasteiger partial charge in [-0.25, -0.2) is 18.5 Å². The van der Waals surface area contributed by atoms with E-state index in [0.717, 1.165) is 12.1 Å². The van der Waals surface area contributed by atoms with Crippen molar-refractivity contribution >= 4 is 28.4 Å². The minimum atomic E-state index is -3.18. The van der Waals surface area contributed by atoms with E-state index >= 15 is 0 Å². The van der Waals surface area contributed by atoms with E-state index < -0.39 is 47.7 Å². The lowest BCUT2D eigenvalue weighted by molar-refractivity contribution is -0.132. The highest BCUT2D eigenvalue weighted by Crippen LogP contribution is 2.28. The van der Waals surface area contributed by atoms with E-state index in [0.29, 0.717) is 24.5 Å². The van der Waals surface area contributed by atoms with E-state index in [9.17, 15) is 31.7 Å². The zero-order valence-electron chi connectivity index (χ0n) is 19.7. The maximum absolute atomic E-state index is 14.5. The highest BCUT2D eigenvalue weighted by Gasteiger charge is 2.22. The van der Waals surface area contributed by atoms with Gasteiger partial charge in [-0.3, -0.25) is 14.6 Å². The molecule has 1 aromatic heterocycles. The number of nitrogens with zero attached hydrogens (tertiary/aromatic N) is 3. The molecule has 37 heavy (non-hydrogen) atoms. The summed E-state index contributed by atoms with van der Waals surface area (Å²) < 4.78 is 72.0. The Balaban J connectivity index is 0.00000106. The molecule has 16 heteroatoms. The first kappa shape index (κ1) is 32.1. The van der Waals surface area contributed by atoms with Gasteiger partial charge in [0.25, 0.3) is 5.91 Å². The molecule has 2 heterocycles. The van der Waals surface area contributed by atoms with Crippen molar-refractivity contribution in [3.63, 3.8) is 0 Å². The van der Waals surface area contributed by atoms with Crippen molar-refractivity contribution in [3.05, 3.63) is 48.3 Å². The Labute approximate surface area is 214 Å². The number of rotatable bonds is 8. The number of alkyl halides is 2. The molecule has 0 saturated carbocycles. The first-order valence-corrected chi connectivity index (χ1v) is 11.8. The number of halogens is 4. The fourth-order valence-electron chi connectivity index (χ4n) is 3.13. The molecule has 1 aromatic carbocycles. The number of aliphatic hydroxyl groups excluding tert-OH is 1. The van der Waals surface area contributed by atoms with Crippen LogP contribution in [0.1, 0.15) is 1.43 Å². The summed E-state index contributed by atoms with van der Waals surface area (Å²) in [5.74, 6) is -3.02. The van der Waals surface area contributed by atoms with Crippen molar-refractivity contribution in [1.29, 1.82) is 0 Å². The van der Waals surface area contributed by atoms with Crippen molar-refractivity contribution in [3.8, 4) is 0 Å². The average Bonchev–Trinajstić information content (AvgIpc) is 3.12. The molecule has 210 valence electrons. The Morgan fingerprint density at radius 3 is 2.46 bits per heavy atom. The van der Waals surface area contributed by atoms with Gasteiger partial charge < -0.3 is 30.3 Å². The van der Waals surface area contributed by atoms with Crippen molar-refractivity contribution < 1.29 is 48.0 Å². The summed E-state index contributed by atoms with van der Waals surface area (Å²) in [7, 11) is 1.48. The standard InChI is InChI=1S/C16H22F4N4O3.C5H5NO2S.H2O.H2/c1-23(9-11(25)8-21-16(26)15(19)20)10-6-12(17)14(13(18)7-10)24-3-2-22-27-5-4-24;7-9(8)5-1-3-6-4-2-5;;/h6-7,11,15,22,25H,2-5,8-9H2,1H3,(H,21,26);1-4H,(H,7,8);1H2;1H/t11-;;;/m0.../s1. The van der Waals surface area contributed by atoms with Gasteiger partial charge >= 0.3 is 6.43 Å². The summed E-state index contributed by atoms with van der Waals surface area (Å²) in [6.45, 7) is 0.846. The lowest BCUT2D eigenvalue weighted by Crippen LogP contribution is -2.40. The van der Waals surface area contributed by atoms with Crippen molar-refractivity contribution in [2.24, 2.45) is 0 Å². The third-order valence-electron chi connectivity index (χ3n) is 4.85. The summed E-state index contributed by atoms with van der Waals surface area (Å²) in [5.41, 5.74) is 2.67. The summed E-state index contributed by atoms with van der Waals surface area (Å²) in [6, 6.07) is 5.25. The number of aliphatic hydroxyl groups is 1. The molecule has 2 aromatic rings. The van der Waals surface area contributed by atoms with Crippen LogP contribution in [-0.4, -0.2) is 89.1 Å². The van der Waals surface area contributed by atoms with Crippen molar-refractivity contribution in [2.45, 2.75) is 17.4 Å². The molecule has 0 radical (unpaired) electrons. The van der Waals surface area contributed by atoms with E-state index in [1.54, 1.807) is 0 Å². The second kappa shape index (κ2) is 16.1. The number of carbonyl (C=O) groups is 1. The molecule has 2 atom stereocenters. The van der Waals surface area contributed by atoms with E-state index in [2.05, 4.69) is 10.5 Å². The number of hydroxylamine groups is 1. The van der Waals surface area contributed by atoms with E-state index in [4.69, 9.17) is 9.39 Å². The molecule has 1 unspecified atom stereocenters. The molecule has 1 aliphatic heterocycles. The smallest absolute Gasteiger partial charge is 0.315 e. The zero-order valence-corrected chi connectivity index (χ0v) is 20.6. The summed E-state index contributed by atoms with van der Waals surface area (Å²) in [5, 5.41) is 11.7. The number of aromatic nitrogens is 1. The molecular formula is C21H31F4N5O6S. The number of pyridine rings is 1. The second-order valence-electron chi connectivity index (χ2n) is 7.50. The Morgan fingerprint density at radius 1 is 1.30 bits per heavy atom. The maximum atomic E-state index is 14.5. The molecule has 0 bridgehead atoms. The highest BCUT2D eigenvalue weighted by molar-refractivity contribution is 7.79. The first-order chi connectivity index (χ1) is 17.1. The topological polar surface area (TPSA) is 159 Å². The quantitative estimate of drug-likeness (QED) is 0.269. The minimum absolute atomic E-state index is 0. The number of carbonyl (C=O) groups excluding carboxylic acids is 1. The Morgan fingerprint density at radius 2 is 1.92 bits per heavy atom. The van der Waals surface area contributed by atoms with Crippen LogP contribution in [0.3, 0.4) is 0 Å². The molecule has 6 N–H and O–H groups in total. The maximum Gasteiger partial charge on any atom is 0.315 e. The number of hydrogen-bond acceptors (Lipinski definition) is 8. The van der Waals surface area contributed by atoms with E-state index in [-0.39, 0.29) is 31.4 Å². The number of amides is 1. The normalized spacial score (nSPS) is 15.0. The monoisotopic (exact) mass is 557 g/mol. The molecule has 0 aliphatic carbocycles. The summed E-state index contributed by atoms with van der Waals surface area (Å²) in [6.07, 6.45) is -1.42. The van der Waals surface area contributed by atoms with Gasteiger partial charge in [0.1, 0.15) is 5.69 Å². The van der Waals surface area contributed by atoms with Gasteiger partial charge in [-0.05, 0) is 24.3 Å². The third-order valence-corrected chi connectivity index (χ3v) is 5.53. The zero-order chi connectivity index (χ0) is 26.7. The third kappa shape index (κ3) is 10.6. The Bertz CT molecular complexity index is 986. The van der Waals surface area contributed by atoms with Crippen LogP contribution in [0.5, 0.6) is 0 Å². The molecule has 1 saturated heterocycles. The fourth-order valence-corrected chi connectivity index (χ4v) is 3.48. The van der Waals surface area contributed by atoms with Crippen LogP contribution < -0.4 is 20.6 Å². The van der Waals surface area contributed by atoms with Crippen LogP contribution in [-0.2, 0) is 20.7 Å². The van der Waals surface area contributed by atoms with Gasteiger partial charge in [0.2, 0.25) is 0 Å². The number of hydrogen-bond donors (Lipinski definition) is 4. The molecule has 1 amide bonds. The van der Waals surface area contributed by atoms with Gasteiger partial charge in [-0.15, -0.1) is 0 Å². The van der Waals surface area contributed by atoms with Gasteiger partial charge in [0.15, 0.2) is 22.7 Å². The molecule has 1 aliphatic rings. The van der Waals surface area contributed by atoms with Crippen LogP contribution in [0.2, 0.25) is 0 Å². The Kier molecular flexibility index (Phi) is 13.9. The SMILES string of the molecule is CN(C[C@@H](O)CNC(=O)C(F)F)c1cc(F)c(N2CCNOCC2)c(F)c1.O.O=S(O)c1ccncc1.[HH]. The Hall–Kier alpha value is -2.89. The predicted molar refractivity (Wildman–Crippen MR) is 130 cm³/mol. The lowest BCUT2D eigenvalue weighted by atomic mass is 10.2. The van der Waals surface area contributed by atoms with Gasteiger partial charge in [0, 0.05) is 59.3 Å². The second-order valence-corrected chi connectivity index (χ2v) is 8.47. The summed E-state index contributed by atoms with van der Waals surface area (Å²) in [4.78, 5) is 22.8. The highest BCUT2D eigenvalue weighted by atomic mass is 32.2. The van der Waals surface area contributed by atoms with Gasteiger partial charge in [0.05, 0.1) is 17.6 Å². The van der Waals surface area contributed by atoms with Gasteiger partial charge in [-0.1, -0.05) is 0 Å². The molecule has 3 rings (SSSR count). The van der Waals surface area contributed by atoms with Crippen molar-refractivity contribution in [2.75, 3.05) is 56.2 Å². The largest absolute Gasteiger partial charge is 0.412 e. The molecule has 0 spiro atoms. The lowest BCUT2D eigenvalue weighted by Gasteiger charge is -2.26. The van der Waals surface area contributed by atoms with Crippen LogP contribution >= 0.6 is 0 Å². The number of anilines is 2. The first-order valence-electron chi connectivity index (χ1n) is 10.6. The van der Waals surface area contributed by atoms with Crippen LogP contribution in [0, 0.1) is 11.6 Å². The van der Waals surface area contributed by atoms with E-state index in [1.165, 1.54) is 41.4 Å². The minimum Gasteiger partial charge on any atom is -0.412 e. The number of benzene rings is 1. The summed E-state index contributed by atoms with van der Waals surface area (Å²) >= 11 is -1.87. The fraction of sp³-hybridized carbons (Fsp3) is 0.429.